The fourth-order valence-corrected chi connectivity index (χ4v) is 4.46. The molecule has 2 aromatic heterocycles. The third kappa shape index (κ3) is 10.3. The summed E-state index contributed by atoms with van der Waals surface area (Å²) < 4.78 is 11.3. The molecule has 0 saturated carbocycles. The summed E-state index contributed by atoms with van der Waals surface area (Å²) in [6.45, 7) is 11.3. The predicted octanol–water partition coefficient (Wildman–Crippen LogP) is 4.71. The van der Waals surface area contributed by atoms with Crippen molar-refractivity contribution in [3.63, 3.8) is 0 Å². The Morgan fingerprint density at radius 3 is 2.78 bits per heavy atom. The summed E-state index contributed by atoms with van der Waals surface area (Å²) >= 11 is 0. The number of nitrogens with one attached hydrogen (secondary N) is 2. The number of ether oxygens (including phenoxy) is 2. The van der Waals surface area contributed by atoms with Crippen LogP contribution in [0.25, 0.3) is 0 Å². The van der Waals surface area contributed by atoms with E-state index in [9.17, 15) is 4.79 Å². The third-order valence-corrected chi connectivity index (χ3v) is 6.45. The zero-order valence-electron chi connectivity index (χ0n) is 23.3. The first-order valence-electron chi connectivity index (χ1n) is 13.6. The van der Waals surface area contributed by atoms with E-state index in [1.165, 1.54) is 12.0 Å². The maximum absolute atomic E-state index is 13.0. The molecule has 0 unspecified atom stereocenters. The minimum absolute atomic E-state index is 0.111. The summed E-state index contributed by atoms with van der Waals surface area (Å²) in [6.07, 6.45) is 9.55. The fourth-order valence-electron chi connectivity index (χ4n) is 4.46. The van der Waals surface area contributed by atoms with E-state index in [1.807, 2.05) is 32.9 Å². The molecule has 0 aromatic carbocycles. The Morgan fingerprint density at radius 2 is 2.05 bits per heavy atom. The zero-order valence-corrected chi connectivity index (χ0v) is 23.3. The number of esters is 1. The van der Waals surface area contributed by atoms with Gasteiger partial charge in [0.15, 0.2) is 0 Å². The highest BCUT2D eigenvalue weighted by Gasteiger charge is 2.26. The molecule has 0 aliphatic carbocycles. The summed E-state index contributed by atoms with van der Waals surface area (Å²) in [7, 11) is 1.74. The van der Waals surface area contributed by atoms with E-state index in [1.54, 1.807) is 19.5 Å². The molecule has 0 bridgehead atoms. The number of unbranched alkanes of at least 4 members (excludes halogenated alkanes) is 1. The normalized spacial score (nSPS) is 15.0. The molecule has 0 radical (unpaired) electrons. The van der Waals surface area contributed by atoms with Crippen LogP contribution >= 0.6 is 0 Å². The molecule has 0 spiro atoms. The minimum Gasteiger partial charge on any atom is -0.458 e. The van der Waals surface area contributed by atoms with E-state index < -0.39 is 11.6 Å². The van der Waals surface area contributed by atoms with Gasteiger partial charge in [0.2, 0.25) is 0 Å². The molecule has 37 heavy (non-hydrogen) atoms. The van der Waals surface area contributed by atoms with Crippen molar-refractivity contribution in [1.82, 2.24) is 14.9 Å². The molecular weight excluding hydrogens is 466 g/mol. The second-order valence-corrected chi connectivity index (χ2v) is 10.9. The minimum atomic E-state index is -0.545. The quantitative estimate of drug-likeness (QED) is 0.279. The fraction of sp³-hybridized carbons (Fsp3) is 0.621. The van der Waals surface area contributed by atoms with Crippen molar-refractivity contribution in [3.8, 4) is 0 Å². The molecule has 3 rings (SSSR count). The lowest BCUT2D eigenvalue weighted by Crippen LogP contribution is -2.41. The van der Waals surface area contributed by atoms with Gasteiger partial charge in [-0.25, -0.2) is 9.78 Å². The molecular formula is C29H45N5O3. The number of methoxy groups -OCH3 is 1. The number of fused-ring (bicyclic) bond motifs is 1. The van der Waals surface area contributed by atoms with Gasteiger partial charge in [0.05, 0.1) is 11.8 Å². The zero-order chi connectivity index (χ0) is 26.7. The monoisotopic (exact) mass is 511 g/mol. The first-order valence-corrected chi connectivity index (χ1v) is 13.6. The van der Waals surface area contributed by atoms with Crippen LogP contribution in [-0.4, -0.2) is 71.9 Å². The predicted molar refractivity (Wildman–Crippen MR) is 149 cm³/mol. The number of hydrogen-bond acceptors (Lipinski definition) is 8. The SMILES string of the molecule is CO[C@H](C)CN(CCCCc1ccc2c(n1)NCCC2)CC[C@H](Nc1cccnc1)C(=O)OC(C)(C)C. The van der Waals surface area contributed by atoms with Crippen LogP contribution in [0.4, 0.5) is 11.5 Å². The number of carbonyl (C=O) groups excluding carboxylic acids is 1. The molecule has 2 aromatic rings. The number of nitrogens with zero attached hydrogens (tertiary/aromatic N) is 3. The number of aryl methyl sites for hydroxylation is 2. The van der Waals surface area contributed by atoms with Gasteiger partial charge in [0.1, 0.15) is 17.5 Å². The molecule has 3 heterocycles. The Bertz CT molecular complexity index is 964. The molecule has 2 atom stereocenters. The smallest absolute Gasteiger partial charge is 0.329 e. The lowest BCUT2D eigenvalue weighted by atomic mass is 10.1. The van der Waals surface area contributed by atoms with Crippen molar-refractivity contribution in [3.05, 3.63) is 47.9 Å². The van der Waals surface area contributed by atoms with Gasteiger partial charge in [-0.1, -0.05) is 6.07 Å². The molecule has 0 saturated heterocycles. The summed E-state index contributed by atoms with van der Waals surface area (Å²) in [5, 5.41) is 6.76. The summed E-state index contributed by atoms with van der Waals surface area (Å²) in [5.41, 5.74) is 2.74. The molecule has 2 N–H and O–H groups in total. The first kappa shape index (κ1) is 28.9. The number of carbonyl (C=O) groups is 1. The Kier molecular flexibility index (Phi) is 11.1. The molecule has 1 aliphatic heterocycles. The number of pyridine rings is 2. The Labute approximate surface area is 222 Å². The summed E-state index contributed by atoms with van der Waals surface area (Å²) in [6, 6.07) is 7.71. The van der Waals surface area contributed by atoms with Gasteiger partial charge >= 0.3 is 5.97 Å². The second kappa shape index (κ2) is 14.3. The van der Waals surface area contributed by atoms with E-state index in [0.29, 0.717) is 6.42 Å². The molecule has 8 heteroatoms. The van der Waals surface area contributed by atoms with Gasteiger partial charge in [0.25, 0.3) is 0 Å². The van der Waals surface area contributed by atoms with Gasteiger partial charge in [-0.15, -0.1) is 0 Å². The molecule has 1 aliphatic rings. The maximum atomic E-state index is 13.0. The molecule has 204 valence electrons. The van der Waals surface area contributed by atoms with Gasteiger partial charge in [-0.05, 0) is 96.5 Å². The summed E-state index contributed by atoms with van der Waals surface area (Å²) in [5.74, 6) is 0.816. The van der Waals surface area contributed by atoms with Crippen molar-refractivity contribution < 1.29 is 14.3 Å². The van der Waals surface area contributed by atoms with Gasteiger partial charge in [-0.3, -0.25) is 4.98 Å². The summed E-state index contributed by atoms with van der Waals surface area (Å²) in [4.78, 5) is 24.4. The number of anilines is 2. The van der Waals surface area contributed by atoms with Gasteiger partial charge in [0, 0.05) is 44.8 Å². The topological polar surface area (TPSA) is 88.6 Å². The van der Waals surface area contributed by atoms with E-state index in [4.69, 9.17) is 14.5 Å². The number of aromatic nitrogens is 2. The van der Waals surface area contributed by atoms with E-state index in [0.717, 1.165) is 69.1 Å². The number of rotatable bonds is 14. The average Bonchev–Trinajstić information content (AvgIpc) is 2.88. The van der Waals surface area contributed by atoms with Crippen molar-refractivity contribution in [2.45, 2.75) is 84.0 Å². The van der Waals surface area contributed by atoms with Crippen LogP contribution < -0.4 is 10.6 Å². The average molecular weight is 512 g/mol. The van der Waals surface area contributed by atoms with E-state index in [2.05, 4.69) is 39.6 Å². The Hall–Kier alpha value is -2.71. The highest BCUT2D eigenvalue weighted by molar-refractivity contribution is 5.79. The van der Waals surface area contributed by atoms with Crippen LogP contribution in [0, 0.1) is 0 Å². The number of hydrogen-bond donors (Lipinski definition) is 2. The molecule has 0 amide bonds. The lowest BCUT2D eigenvalue weighted by Gasteiger charge is -2.29. The Balaban J connectivity index is 1.56. The van der Waals surface area contributed by atoms with Crippen molar-refractivity contribution in [2.24, 2.45) is 0 Å². The second-order valence-electron chi connectivity index (χ2n) is 10.9. The standard InChI is InChI=1S/C29H45N5O3/c1-22(36-5)21-34(18-7-6-11-24-14-13-23-10-8-17-31-27(23)33-24)19-15-26(28(35)37-29(2,3)4)32-25-12-9-16-30-20-25/h9,12-14,16,20,22,26,32H,6-8,10-11,15,17-19,21H2,1-5H3,(H,31,33)/t22-,26+/m1/s1. The van der Waals surface area contributed by atoms with Crippen molar-refractivity contribution in [1.29, 1.82) is 0 Å². The Morgan fingerprint density at radius 1 is 1.22 bits per heavy atom. The van der Waals surface area contributed by atoms with E-state index >= 15 is 0 Å². The largest absolute Gasteiger partial charge is 0.458 e. The highest BCUT2D eigenvalue weighted by atomic mass is 16.6. The highest BCUT2D eigenvalue weighted by Crippen LogP contribution is 2.20. The first-order chi connectivity index (χ1) is 17.7. The van der Waals surface area contributed by atoms with E-state index in [-0.39, 0.29) is 12.1 Å². The van der Waals surface area contributed by atoms with Crippen molar-refractivity contribution in [2.75, 3.05) is 43.9 Å². The third-order valence-electron chi connectivity index (χ3n) is 6.45. The van der Waals surface area contributed by atoms with Crippen LogP contribution in [0.1, 0.15) is 64.6 Å². The van der Waals surface area contributed by atoms with Gasteiger partial charge in [-0.2, -0.15) is 0 Å². The maximum Gasteiger partial charge on any atom is 0.329 e. The van der Waals surface area contributed by atoms with Crippen LogP contribution in [0.15, 0.2) is 36.7 Å². The van der Waals surface area contributed by atoms with Crippen LogP contribution in [0.5, 0.6) is 0 Å². The molecule has 8 nitrogen and oxygen atoms in total. The van der Waals surface area contributed by atoms with Crippen LogP contribution in [0.2, 0.25) is 0 Å². The van der Waals surface area contributed by atoms with Crippen LogP contribution in [-0.2, 0) is 27.1 Å². The molecule has 0 fully saturated rings. The van der Waals surface area contributed by atoms with Crippen LogP contribution in [0.3, 0.4) is 0 Å². The van der Waals surface area contributed by atoms with Crippen molar-refractivity contribution >= 4 is 17.5 Å². The van der Waals surface area contributed by atoms with Gasteiger partial charge < -0.3 is 25.0 Å². The lowest BCUT2D eigenvalue weighted by molar-refractivity contribution is -0.156.